The minimum atomic E-state index is -0.425. The Morgan fingerprint density at radius 2 is 1.93 bits per heavy atom. The number of aliphatic imine (C=N–C) groups is 1. The summed E-state index contributed by atoms with van der Waals surface area (Å²) < 4.78 is 0. The van der Waals surface area contributed by atoms with Gasteiger partial charge in [0.15, 0.2) is 5.71 Å². The fourth-order valence-corrected chi connectivity index (χ4v) is 1.48. The van der Waals surface area contributed by atoms with E-state index in [0.29, 0.717) is 11.4 Å². The molecule has 0 unspecified atom stereocenters. The van der Waals surface area contributed by atoms with Crippen molar-refractivity contribution in [2.75, 3.05) is 0 Å². The summed E-state index contributed by atoms with van der Waals surface area (Å²) in [4.78, 5) is 15.4. The minimum Gasteiger partial charge on any atom is -0.263 e. The Kier molecular flexibility index (Phi) is 1.25. The van der Waals surface area contributed by atoms with E-state index in [4.69, 9.17) is 0 Å². The van der Waals surface area contributed by atoms with Gasteiger partial charge in [0.1, 0.15) is 5.71 Å². The monoisotopic (exact) mass is 184 g/mol. The highest BCUT2D eigenvalue weighted by Crippen LogP contribution is 2.28. The van der Waals surface area contributed by atoms with Crippen molar-refractivity contribution in [1.29, 1.82) is 0 Å². The molecule has 0 aromatic heterocycles. The fraction of sp³-hybridized carbons (Fsp3) is 0. The van der Waals surface area contributed by atoms with Crippen LogP contribution in [0.3, 0.4) is 0 Å². The molecule has 0 aliphatic carbocycles. The molecule has 1 aromatic carbocycles. The summed E-state index contributed by atoms with van der Waals surface area (Å²) in [5, 5.41) is 10.5. The summed E-state index contributed by atoms with van der Waals surface area (Å²) in [7, 11) is 0. The first-order valence-corrected chi connectivity index (χ1v) is 4.08. The van der Waals surface area contributed by atoms with E-state index in [9.17, 15) is 4.79 Å². The molecular weight excluding hydrogens is 180 g/mol. The van der Waals surface area contributed by atoms with Crippen LogP contribution in [0.15, 0.2) is 44.7 Å². The Morgan fingerprint density at radius 1 is 1.07 bits per heavy atom. The molecule has 5 nitrogen and oxygen atoms in total. The molecule has 0 saturated carbocycles. The Bertz CT molecular complexity index is 527. The van der Waals surface area contributed by atoms with E-state index in [2.05, 4.69) is 20.4 Å². The highest BCUT2D eigenvalue weighted by molar-refractivity contribution is 6.72. The third-order valence-electron chi connectivity index (χ3n) is 2.10. The van der Waals surface area contributed by atoms with Crippen LogP contribution in [0.4, 0.5) is 5.69 Å². The first-order valence-electron chi connectivity index (χ1n) is 4.08. The number of carbonyl (C=O) groups excluding carboxylic acids is 1. The van der Waals surface area contributed by atoms with Gasteiger partial charge in [0, 0.05) is 5.56 Å². The number of carbonyl (C=O) groups is 1. The highest BCUT2D eigenvalue weighted by atomic mass is 16.2. The zero-order valence-corrected chi connectivity index (χ0v) is 7.01. The molecule has 2 aliphatic rings. The Morgan fingerprint density at radius 3 is 2.86 bits per heavy atom. The molecule has 0 saturated heterocycles. The van der Waals surface area contributed by atoms with Crippen LogP contribution in [0.25, 0.3) is 0 Å². The molecule has 1 amide bonds. The molecule has 1 aromatic rings. The van der Waals surface area contributed by atoms with Crippen molar-refractivity contribution in [3.63, 3.8) is 0 Å². The van der Waals surface area contributed by atoms with Crippen LogP contribution in [0.2, 0.25) is 0 Å². The first kappa shape index (κ1) is 7.25. The van der Waals surface area contributed by atoms with E-state index >= 15 is 0 Å². The third kappa shape index (κ3) is 0.806. The molecule has 0 radical (unpaired) electrons. The van der Waals surface area contributed by atoms with Gasteiger partial charge in [-0.2, -0.15) is 0 Å². The Balaban J connectivity index is 2.29. The van der Waals surface area contributed by atoms with Crippen LogP contribution in [0.5, 0.6) is 0 Å². The predicted molar refractivity (Wildman–Crippen MR) is 49.9 cm³/mol. The minimum absolute atomic E-state index is 0.293. The van der Waals surface area contributed by atoms with E-state index in [1.165, 1.54) is 0 Å². The Hall–Kier alpha value is -2.17. The van der Waals surface area contributed by atoms with Crippen LogP contribution >= 0.6 is 0 Å². The molecule has 14 heavy (non-hydrogen) atoms. The maximum Gasteiger partial charge on any atom is 0.317 e. The number of rotatable bonds is 0. The highest BCUT2D eigenvalue weighted by Gasteiger charge is 2.29. The second-order valence-electron chi connectivity index (χ2n) is 2.92. The number of para-hydroxylation sites is 1. The third-order valence-corrected chi connectivity index (χ3v) is 2.10. The summed E-state index contributed by atoms with van der Waals surface area (Å²) in [6, 6.07) is 7.42. The number of nitrogens with zero attached hydrogens (tertiary/aromatic N) is 4. The maximum atomic E-state index is 11.3. The van der Waals surface area contributed by atoms with Crippen molar-refractivity contribution in [2.45, 2.75) is 0 Å². The average Bonchev–Trinajstić information content (AvgIpc) is 2.59. The lowest BCUT2D eigenvalue weighted by Crippen LogP contribution is -2.21. The smallest absolute Gasteiger partial charge is 0.263 e. The zero-order chi connectivity index (χ0) is 9.54. The van der Waals surface area contributed by atoms with E-state index in [-0.39, 0.29) is 0 Å². The van der Waals surface area contributed by atoms with Crippen molar-refractivity contribution >= 4 is 23.0 Å². The summed E-state index contributed by atoms with van der Waals surface area (Å²) in [5.74, 6) is -0.425. The average molecular weight is 184 g/mol. The van der Waals surface area contributed by atoms with E-state index in [1.54, 1.807) is 0 Å². The molecular formula is C9H4N4O. The maximum absolute atomic E-state index is 11.3. The van der Waals surface area contributed by atoms with Gasteiger partial charge in [-0.3, -0.25) is 4.79 Å². The lowest BCUT2D eigenvalue weighted by molar-refractivity contribution is -0.112. The van der Waals surface area contributed by atoms with Crippen LogP contribution in [0, 0.1) is 0 Å². The van der Waals surface area contributed by atoms with Crippen molar-refractivity contribution in [3.8, 4) is 0 Å². The molecule has 0 bridgehead atoms. The molecule has 0 atom stereocenters. The van der Waals surface area contributed by atoms with Crippen molar-refractivity contribution < 1.29 is 4.79 Å². The van der Waals surface area contributed by atoms with Gasteiger partial charge in [-0.1, -0.05) is 23.3 Å². The zero-order valence-electron chi connectivity index (χ0n) is 7.01. The topological polar surface area (TPSA) is 66.5 Å². The van der Waals surface area contributed by atoms with Gasteiger partial charge in [-0.05, 0) is 11.3 Å². The molecule has 0 N–H and O–H groups in total. The van der Waals surface area contributed by atoms with E-state index in [1.807, 2.05) is 24.3 Å². The van der Waals surface area contributed by atoms with Crippen LogP contribution in [-0.4, -0.2) is 17.3 Å². The molecule has 0 fully saturated rings. The molecule has 66 valence electrons. The molecule has 2 heterocycles. The van der Waals surface area contributed by atoms with Crippen LogP contribution in [0.1, 0.15) is 5.56 Å². The SMILES string of the molecule is O=C1N=NN=C2C1=Nc1ccccc12. The van der Waals surface area contributed by atoms with Crippen LogP contribution in [-0.2, 0) is 4.79 Å². The molecule has 2 aliphatic heterocycles. The summed E-state index contributed by atoms with van der Waals surface area (Å²) in [5.41, 5.74) is 2.42. The lowest BCUT2D eigenvalue weighted by atomic mass is 10.1. The number of hydrogen-bond donors (Lipinski definition) is 0. The van der Waals surface area contributed by atoms with Gasteiger partial charge in [0.05, 0.1) is 5.69 Å². The predicted octanol–water partition coefficient (Wildman–Crippen LogP) is 1.47. The molecule has 3 rings (SSSR count). The molecule has 0 spiro atoms. The number of amides is 1. The van der Waals surface area contributed by atoms with Gasteiger partial charge >= 0.3 is 5.91 Å². The van der Waals surface area contributed by atoms with Crippen LogP contribution < -0.4 is 0 Å². The number of fused-ring (bicyclic) bond motifs is 3. The number of hydrogen-bond acceptors (Lipinski definition) is 4. The van der Waals surface area contributed by atoms with Gasteiger partial charge in [0.2, 0.25) is 0 Å². The van der Waals surface area contributed by atoms with Gasteiger partial charge in [-0.25, -0.2) is 4.99 Å². The second-order valence-corrected chi connectivity index (χ2v) is 2.92. The fourth-order valence-electron chi connectivity index (χ4n) is 1.48. The summed E-state index contributed by atoms with van der Waals surface area (Å²) >= 11 is 0. The molecule has 5 heteroatoms. The first-order chi connectivity index (χ1) is 6.86. The van der Waals surface area contributed by atoms with Gasteiger partial charge in [0.25, 0.3) is 0 Å². The lowest BCUT2D eigenvalue weighted by Gasteiger charge is -1.99. The summed E-state index contributed by atoms with van der Waals surface area (Å²) in [6.45, 7) is 0. The van der Waals surface area contributed by atoms with Crippen molar-refractivity contribution in [2.24, 2.45) is 20.4 Å². The Labute approximate surface area is 78.9 Å². The van der Waals surface area contributed by atoms with E-state index in [0.717, 1.165) is 11.3 Å². The quantitative estimate of drug-likeness (QED) is 0.602. The van der Waals surface area contributed by atoms with E-state index < -0.39 is 5.91 Å². The second kappa shape index (κ2) is 2.41. The largest absolute Gasteiger partial charge is 0.317 e. The van der Waals surface area contributed by atoms with Gasteiger partial charge in [-0.15, -0.1) is 5.10 Å². The van der Waals surface area contributed by atoms with Gasteiger partial charge < -0.3 is 0 Å². The summed E-state index contributed by atoms with van der Waals surface area (Å²) in [6.07, 6.45) is 0. The standard InChI is InChI=1S/C9H4N4O/c14-9-8-7(11-13-12-9)5-3-1-2-4-6(5)10-8/h1-4H. The normalized spacial score (nSPS) is 17.3. The number of benzene rings is 1. The van der Waals surface area contributed by atoms with Crippen molar-refractivity contribution in [3.05, 3.63) is 29.8 Å². The van der Waals surface area contributed by atoms with Crippen molar-refractivity contribution in [1.82, 2.24) is 0 Å².